The van der Waals surface area contributed by atoms with E-state index in [1.807, 2.05) is 19.1 Å². The van der Waals surface area contributed by atoms with Crippen LogP contribution in [0.1, 0.15) is 59.9 Å². The first kappa shape index (κ1) is 15.8. The van der Waals surface area contributed by atoms with E-state index in [9.17, 15) is 9.90 Å². The van der Waals surface area contributed by atoms with Gasteiger partial charge >= 0.3 is 0 Å². The van der Waals surface area contributed by atoms with E-state index in [1.165, 1.54) is 19.3 Å². The van der Waals surface area contributed by atoms with Gasteiger partial charge in [0.1, 0.15) is 11.5 Å². The molecule has 3 N–H and O–H groups in total. The molecular weight excluding hydrogens is 290 g/mol. The predicted octanol–water partition coefficient (Wildman–Crippen LogP) is 3.97. The van der Waals surface area contributed by atoms with Crippen LogP contribution in [0.2, 0.25) is 0 Å². The van der Waals surface area contributed by atoms with Gasteiger partial charge in [0, 0.05) is 16.7 Å². The van der Waals surface area contributed by atoms with Gasteiger partial charge in [0.15, 0.2) is 0 Å². The quantitative estimate of drug-likeness (QED) is 0.896. The van der Waals surface area contributed by atoms with Crippen LogP contribution in [0.4, 0.5) is 0 Å². The van der Waals surface area contributed by atoms with Crippen molar-refractivity contribution in [3.8, 4) is 11.3 Å². The fourth-order valence-corrected chi connectivity index (χ4v) is 3.46. The molecule has 0 spiro atoms. The summed E-state index contributed by atoms with van der Waals surface area (Å²) in [6, 6.07) is 8.96. The standard InChI is InChI=1S/C19H23NO3/c1-12-16(18(21)13-6-3-2-4-7-13)11-17(23-12)14-8-5-9-15(10-14)19(20)22/h5,8-11,13,18,21H,2-4,6-7H2,1H3,(H2,20,22). The van der Waals surface area contributed by atoms with Gasteiger partial charge in [-0.2, -0.15) is 0 Å². The van der Waals surface area contributed by atoms with Crippen LogP contribution in [-0.2, 0) is 0 Å². The van der Waals surface area contributed by atoms with E-state index in [-0.39, 0.29) is 0 Å². The molecule has 1 heterocycles. The third-order valence-electron chi connectivity index (χ3n) is 4.80. The Morgan fingerprint density at radius 1 is 1.26 bits per heavy atom. The van der Waals surface area contributed by atoms with E-state index < -0.39 is 12.0 Å². The molecule has 3 rings (SSSR count). The number of nitrogens with two attached hydrogens (primary N) is 1. The Hall–Kier alpha value is -2.07. The molecule has 4 nitrogen and oxygen atoms in total. The molecule has 4 heteroatoms. The number of hydrogen-bond donors (Lipinski definition) is 2. The molecule has 1 aromatic carbocycles. The van der Waals surface area contributed by atoms with Crippen LogP contribution in [-0.4, -0.2) is 11.0 Å². The minimum Gasteiger partial charge on any atom is -0.461 e. The minimum absolute atomic E-state index is 0.310. The lowest BCUT2D eigenvalue weighted by molar-refractivity contribution is 0.0835. The summed E-state index contributed by atoms with van der Waals surface area (Å²) in [6.07, 6.45) is 5.29. The van der Waals surface area contributed by atoms with Gasteiger partial charge in [-0.15, -0.1) is 0 Å². The number of aliphatic hydroxyl groups is 1. The van der Waals surface area contributed by atoms with Gasteiger partial charge in [-0.05, 0) is 43.9 Å². The van der Waals surface area contributed by atoms with Crippen LogP contribution < -0.4 is 5.73 Å². The highest BCUT2D eigenvalue weighted by molar-refractivity contribution is 5.93. The largest absolute Gasteiger partial charge is 0.461 e. The van der Waals surface area contributed by atoms with Crippen molar-refractivity contribution in [3.63, 3.8) is 0 Å². The highest BCUT2D eigenvalue weighted by Crippen LogP contribution is 2.38. The highest BCUT2D eigenvalue weighted by Gasteiger charge is 2.26. The molecule has 1 aliphatic carbocycles. The van der Waals surface area contributed by atoms with Crippen LogP contribution in [0.15, 0.2) is 34.7 Å². The number of carbonyl (C=O) groups is 1. The smallest absolute Gasteiger partial charge is 0.248 e. The van der Waals surface area contributed by atoms with Crippen molar-refractivity contribution in [1.82, 2.24) is 0 Å². The van der Waals surface area contributed by atoms with Crippen LogP contribution in [0.25, 0.3) is 11.3 Å². The Morgan fingerprint density at radius 2 is 2.00 bits per heavy atom. The van der Waals surface area contributed by atoms with Crippen molar-refractivity contribution in [3.05, 3.63) is 47.2 Å². The normalized spacial score (nSPS) is 17.1. The molecule has 122 valence electrons. The van der Waals surface area contributed by atoms with Crippen molar-refractivity contribution in [2.24, 2.45) is 11.7 Å². The average molecular weight is 313 g/mol. The van der Waals surface area contributed by atoms with E-state index in [0.29, 0.717) is 17.2 Å². The van der Waals surface area contributed by atoms with Gasteiger partial charge < -0.3 is 15.3 Å². The molecular formula is C19H23NO3. The fraction of sp³-hybridized carbons (Fsp3) is 0.421. The van der Waals surface area contributed by atoms with Gasteiger partial charge in [-0.25, -0.2) is 0 Å². The third kappa shape index (κ3) is 3.32. The second kappa shape index (κ2) is 6.59. The minimum atomic E-state index is -0.480. The van der Waals surface area contributed by atoms with Crippen molar-refractivity contribution in [2.75, 3.05) is 0 Å². The van der Waals surface area contributed by atoms with Crippen molar-refractivity contribution in [1.29, 1.82) is 0 Å². The molecule has 1 amide bonds. The van der Waals surface area contributed by atoms with Gasteiger partial charge in [-0.1, -0.05) is 31.4 Å². The monoisotopic (exact) mass is 313 g/mol. The maximum Gasteiger partial charge on any atom is 0.248 e. The molecule has 23 heavy (non-hydrogen) atoms. The second-order valence-corrected chi connectivity index (χ2v) is 6.41. The third-order valence-corrected chi connectivity index (χ3v) is 4.80. The number of furan rings is 1. The van der Waals surface area contributed by atoms with Crippen LogP contribution in [0.3, 0.4) is 0 Å². The zero-order valence-corrected chi connectivity index (χ0v) is 13.4. The van der Waals surface area contributed by atoms with Crippen molar-refractivity contribution < 1.29 is 14.3 Å². The highest BCUT2D eigenvalue weighted by atomic mass is 16.3. The van der Waals surface area contributed by atoms with E-state index in [1.54, 1.807) is 18.2 Å². The molecule has 0 aliphatic heterocycles. The zero-order valence-electron chi connectivity index (χ0n) is 13.4. The molecule has 0 bridgehead atoms. The number of benzene rings is 1. The topological polar surface area (TPSA) is 76.5 Å². The number of rotatable bonds is 4. The summed E-state index contributed by atoms with van der Waals surface area (Å²) in [5.41, 5.74) is 7.44. The van der Waals surface area contributed by atoms with E-state index >= 15 is 0 Å². The van der Waals surface area contributed by atoms with Crippen molar-refractivity contribution >= 4 is 5.91 Å². The molecule has 1 unspecified atom stereocenters. The predicted molar refractivity (Wildman–Crippen MR) is 88.9 cm³/mol. The zero-order chi connectivity index (χ0) is 16.4. The van der Waals surface area contributed by atoms with Gasteiger partial charge in [0.2, 0.25) is 5.91 Å². The Kier molecular flexibility index (Phi) is 4.53. The second-order valence-electron chi connectivity index (χ2n) is 6.41. The Labute approximate surface area is 136 Å². The van der Waals surface area contributed by atoms with Gasteiger partial charge in [0.25, 0.3) is 0 Å². The lowest BCUT2D eigenvalue weighted by Gasteiger charge is -2.26. The summed E-state index contributed by atoms with van der Waals surface area (Å²) < 4.78 is 5.84. The maximum absolute atomic E-state index is 11.3. The first-order valence-corrected chi connectivity index (χ1v) is 8.25. The SMILES string of the molecule is Cc1oc(-c2cccc(C(N)=O)c2)cc1C(O)C1CCCCC1. The summed E-state index contributed by atoms with van der Waals surface area (Å²) in [4.78, 5) is 11.3. The number of hydrogen-bond acceptors (Lipinski definition) is 3. The fourth-order valence-electron chi connectivity index (χ4n) is 3.46. The maximum atomic E-state index is 11.3. The van der Waals surface area contributed by atoms with Crippen LogP contribution >= 0.6 is 0 Å². The lowest BCUT2D eigenvalue weighted by Crippen LogP contribution is -2.16. The molecule has 1 atom stereocenters. The van der Waals surface area contributed by atoms with Gasteiger partial charge in [-0.3, -0.25) is 4.79 Å². The summed E-state index contributed by atoms with van der Waals surface area (Å²) in [6.45, 7) is 1.88. The molecule has 0 radical (unpaired) electrons. The first-order chi connectivity index (χ1) is 11.1. The van der Waals surface area contributed by atoms with Crippen LogP contribution in [0, 0.1) is 12.8 Å². The lowest BCUT2D eigenvalue weighted by atomic mass is 9.83. The average Bonchev–Trinajstić information content (AvgIpc) is 2.97. The number of carbonyl (C=O) groups excluding carboxylic acids is 1. The number of aliphatic hydroxyl groups excluding tert-OH is 1. The molecule has 2 aromatic rings. The number of primary amides is 1. The van der Waals surface area contributed by atoms with E-state index in [2.05, 4.69) is 0 Å². The summed E-state index contributed by atoms with van der Waals surface area (Å²) >= 11 is 0. The van der Waals surface area contributed by atoms with E-state index in [4.69, 9.17) is 10.2 Å². The summed E-state index contributed by atoms with van der Waals surface area (Å²) in [5.74, 6) is 1.25. The van der Waals surface area contributed by atoms with Crippen molar-refractivity contribution in [2.45, 2.75) is 45.1 Å². The Bertz CT molecular complexity index is 698. The summed E-state index contributed by atoms with van der Waals surface area (Å²) in [7, 11) is 0. The first-order valence-electron chi connectivity index (χ1n) is 8.25. The Morgan fingerprint density at radius 3 is 2.70 bits per heavy atom. The molecule has 0 saturated heterocycles. The van der Waals surface area contributed by atoms with E-state index in [0.717, 1.165) is 29.7 Å². The number of amides is 1. The molecule has 1 fully saturated rings. The molecule has 1 aromatic heterocycles. The Balaban J connectivity index is 1.88. The van der Waals surface area contributed by atoms with Gasteiger partial charge in [0.05, 0.1) is 6.10 Å². The summed E-state index contributed by atoms with van der Waals surface area (Å²) in [5, 5.41) is 10.7. The van der Waals surface area contributed by atoms with Crippen LogP contribution in [0.5, 0.6) is 0 Å². The molecule has 1 saturated carbocycles. The number of aryl methyl sites for hydroxylation is 1. The molecule has 1 aliphatic rings.